The highest BCUT2D eigenvalue weighted by Crippen LogP contribution is 2.34. The second-order valence-corrected chi connectivity index (χ2v) is 4.57. The normalized spacial score (nSPS) is 22.9. The van der Waals surface area contributed by atoms with Crippen LogP contribution in [0.15, 0.2) is 29.4 Å². The van der Waals surface area contributed by atoms with Gasteiger partial charge in [0.2, 0.25) is 0 Å². The molecule has 0 aromatic heterocycles. The minimum absolute atomic E-state index is 0.236. The third kappa shape index (κ3) is 2.46. The van der Waals surface area contributed by atoms with Crippen molar-refractivity contribution >= 4 is 11.6 Å². The van der Waals surface area contributed by atoms with Crippen LogP contribution < -0.4 is 0 Å². The third-order valence-corrected chi connectivity index (χ3v) is 2.83. The molecule has 0 saturated heterocycles. The van der Waals surface area contributed by atoms with Crippen LogP contribution in [0.25, 0.3) is 0 Å². The Labute approximate surface area is 111 Å². The number of alkyl halides is 3. The van der Waals surface area contributed by atoms with Crippen LogP contribution in [-0.2, 0) is 0 Å². The monoisotopic (exact) mass is 288 g/mol. The number of halogens is 3. The first-order chi connectivity index (χ1) is 9.13. The molecule has 2 rings (SSSR count). The van der Waals surface area contributed by atoms with E-state index in [-0.39, 0.29) is 5.56 Å². The second-order valence-electron chi connectivity index (χ2n) is 4.57. The first kappa shape index (κ1) is 14.3. The van der Waals surface area contributed by atoms with Gasteiger partial charge in [0.05, 0.1) is 5.56 Å². The molecule has 0 unspecified atom stereocenters. The van der Waals surface area contributed by atoms with E-state index in [4.69, 9.17) is 0 Å². The van der Waals surface area contributed by atoms with Crippen molar-refractivity contribution in [1.82, 2.24) is 5.01 Å². The standard InChI is InChI=1S/C12H11F3N2O3/c1-11(20)6-9(12(13,14)15)16-17(11)10(19)7-4-2-3-5-8(7)18/h2-5,18,20H,6H2,1H3/t11-/m0/s1. The molecular formula is C12H11F3N2O3. The van der Waals surface area contributed by atoms with E-state index < -0.39 is 35.7 Å². The number of rotatable bonds is 1. The molecule has 0 aliphatic carbocycles. The van der Waals surface area contributed by atoms with Crippen LogP contribution in [0, 0.1) is 0 Å². The quantitative estimate of drug-likeness (QED) is 0.828. The lowest BCUT2D eigenvalue weighted by Crippen LogP contribution is -2.43. The van der Waals surface area contributed by atoms with E-state index in [1.165, 1.54) is 24.3 Å². The number of carbonyl (C=O) groups excluding carboxylic acids is 1. The molecule has 5 nitrogen and oxygen atoms in total. The fourth-order valence-corrected chi connectivity index (χ4v) is 1.85. The van der Waals surface area contributed by atoms with Gasteiger partial charge in [0.1, 0.15) is 11.5 Å². The van der Waals surface area contributed by atoms with Gasteiger partial charge in [-0.25, -0.2) is 0 Å². The molecule has 0 spiro atoms. The van der Waals surface area contributed by atoms with Gasteiger partial charge in [0.25, 0.3) is 5.91 Å². The fourth-order valence-electron chi connectivity index (χ4n) is 1.85. The maximum Gasteiger partial charge on any atom is 0.431 e. The van der Waals surface area contributed by atoms with E-state index in [0.717, 1.165) is 6.92 Å². The minimum atomic E-state index is -4.72. The van der Waals surface area contributed by atoms with Gasteiger partial charge < -0.3 is 10.2 Å². The molecule has 0 fully saturated rings. The number of hydrogen-bond donors (Lipinski definition) is 2. The van der Waals surface area contributed by atoms with Gasteiger partial charge >= 0.3 is 6.18 Å². The number of para-hydroxylation sites is 1. The van der Waals surface area contributed by atoms with E-state index >= 15 is 0 Å². The lowest BCUT2D eigenvalue weighted by molar-refractivity contribution is -0.0679. The van der Waals surface area contributed by atoms with Gasteiger partial charge in [0.15, 0.2) is 5.72 Å². The molecule has 1 amide bonds. The zero-order valence-corrected chi connectivity index (χ0v) is 10.3. The maximum atomic E-state index is 12.6. The summed E-state index contributed by atoms with van der Waals surface area (Å²) in [5.74, 6) is -1.41. The molecule has 0 bridgehead atoms. The van der Waals surface area contributed by atoms with Crippen molar-refractivity contribution in [1.29, 1.82) is 0 Å². The highest BCUT2D eigenvalue weighted by molar-refractivity contribution is 6.01. The molecule has 2 N–H and O–H groups in total. The Morgan fingerprint density at radius 1 is 1.40 bits per heavy atom. The summed E-state index contributed by atoms with van der Waals surface area (Å²) >= 11 is 0. The van der Waals surface area contributed by atoms with Crippen molar-refractivity contribution in [3.63, 3.8) is 0 Å². The van der Waals surface area contributed by atoms with Gasteiger partial charge in [-0.2, -0.15) is 23.3 Å². The summed E-state index contributed by atoms with van der Waals surface area (Å²) in [6.07, 6.45) is -5.55. The molecule has 1 aliphatic rings. The van der Waals surface area contributed by atoms with E-state index in [1.807, 2.05) is 0 Å². The number of hydrazone groups is 1. The van der Waals surface area contributed by atoms with E-state index in [1.54, 1.807) is 0 Å². The summed E-state index contributed by atoms with van der Waals surface area (Å²) < 4.78 is 37.8. The van der Waals surface area contributed by atoms with Gasteiger partial charge in [0, 0.05) is 6.42 Å². The molecule has 1 atom stereocenters. The van der Waals surface area contributed by atoms with Gasteiger partial charge in [-0.1, -0.05) is 12.1 Å². The zero-order valence-electron chi connectivity index (χ0n) is 10.3. The predicted molar refractivity (Wildman–Crippen MR) is 63.0 cm³/mol. The molecule has 20 heavy (non-hydrogen) atoms. The molecule has 0 saturated carbocycles. The smallest absolute Gasteiger partial charge is 0.431 e. The van der Waals surface area contributed by atoms with E-state index in [9.17, 15) is 28.2 Å². The Morgan fingerprint density at radius 3 is 2.50 bits per heavy atom. The highest BCUT2D eigenvalue weighted by Gasteiger charge is 2.49. The second kappa shape index (κ2) is 4.48. The van der Waals surface area contributed by atoms with E-state index in [2.05, 4.69) is 5.10 Å². The van der Waals surface area contributed by atoms with Crippen molar-refractivity contribution in [2.24, 2.45) is 5.10 Å². The molecule has 1 aromatic rings. The number of benzene rings is 1. The number of carbonyl (C=O) groups is 1. The maximum absolute atomic E-state index is 12.6. The topological polar surface area (TPSA) is 73.1 Å². The SMILES string of the molecule is C[C@]1(O)CC(C(F)(F)F)=NN1C(=O)c1ccccc1O. The van der Waals surface area contributed by atoms with Gasteiger partial charge in [-0.3, -0.25) is 4.79 Å². The Hall–Kier alpha value is -2.09. The summed E-state index contributed by atoms with van der Waals surface area (Å²) in [6.45, 7) is 1.05. The van der Waals surface area contributed by atoms with Gasteiger partial charge in [-0.05, 0) is 19.1 Å². The summed E-state index contributed by atoms with van der Waals surface area (Å²) in [7, 11) is 0. The van der Waals surface area contributed by atoms with Crippen LogP contribution in [0.5, 0.6) is 5.75 Å². The minimum Gasteiger partial charge on any atom is -0.507 e. The predicted octanol–water partition coefficient (Wildman–Crippen LogP) is 1.86. The Balaban J connectivity index is 2.39. The lowest BCUT2D eigenvalue weighted by Gasteiger charge is -2.27. The Kier molecular flexibility index (Phi) is 3.21. The van der Waals surface area contributed by atoms with Crippen molar-refractivity contribution in [3.8, 4) is 5.75 Å². The number of hydrogen-bond acceptors (Lipinski definition) is 4. The molecule has 1 heterocycles. The Morgan fingerprint density at radius 2 is 2.00 bits per heavy atom. The van der Waals surface area contributed by atoms with Crippen molar-refractivity contribution in [2.45, 2.75) is 25.2 Å². The van der Waals surface area contributed by atoms with Crippen LogP contribution in [-0.4, -0.2) is 38.7 Å². The average molecular weight is 288 g/mol. The molecule has 1 aliphatic heterocycles. The lowest BCUT2D eigenvalue weighted by atomic mass is 10.1. The number of aromatic hydroxyl groups is 1. The number of aliphatic hydroxyl groups is 1. The van der Waals surface area contributed by atoms with Crippen molar-refractivity contribution in [2.75, 3.05) is 0 Å². The third-order valence-electron chi connectivity index (χ3n) is 2.83. The molecule has 8 heteroatoms. The van der Waals surface area contributed by atoms with E-state index in [0.29, 0.717) is 5.01 Å². The molecule has 0 radical (unpaired) electrons. The van der Waals surface area contributed by atoms with Crippen LogP contribution in [0.3, 0.4) is 0 Å². The largest absolute Gasteiger partial charge is 0.507 e. The summed E-state index contributed by atoms with van der Waals surface area (Å²) in [5, 5.41) is 22.9. The number of nitrogens with zero attached hydrogens (tertiary/aromatic N) is 2. The summed E-state index contributed by atoms with van der Waals surface area (Å²) in [6, 6.07) is 5.34. The summed E-state index contributed by atoms with van der Waals surface area (Å²) in [5.41, 5.74) is -3.57. The van der Waals surface area contributed by atoms with Crippen LogP contribution >= 0.6 is 0 Å². The highest BCUT2D eigenvalue weighted by atomic mass is 19.4. The van der Waals surface area contributed by atoms with Crippen LogP contribution in [0.1, 0.15) is 23.7 Å². The Bertz CT molecular complexity index is 582. The molecular weight excluding hydrogens is 277 g/mol. The van der Waals surface area contributed by atoms with Crippen molar-refractivity contribution < 1.29 is 28.2 Å². The zero-order chi connectivity index (χ0) is 15.1. The number of phenols is 1. The fraction of sp³-hybridized carbons (Fsp3) is 0.333. The average Bonchev–Trinajstić information content (AvgIpc) is 2.64. The first-order valence-corrected chi connectivity index (χ1v) is 5.62. The van der Waals surface area contributed by atoms with Gasteiger partial charge in [-0.15, -0.1) is 0 Å². The van der Waals surface area contributed by atoms with Crippen LogP contribution in [0.4, 0.5) is 13.2 Å². The van der Waals surface area contributed by atoms with Crippen LogP contribution in [0.2, 0.25) is 0 Å². The summed E-state index contributed by atoms with van der Waals surface area (Å²) in [4.78, 5) is 12.1. The number of phenolic OH excluding ortho intramolecular Hbond substituents is 1. The van der Waals surface area contributed by atoms with Crippen molar-refractivity contribution in [3.05, 3.63) is 29.8 Å². The first-order valence-electron chi connectivity index (χ1n) is 5.62. The molecule has 108 valence electrons. The molecule has 1 aromatic carbocycles. The number of amides is 1.